The largest absolute Gasteiger partial charge is 0.390 e. The highest BCUT2D eigenvalue weighted by Crippen LogP contribution is 2.23. The van der Waals surface area contributed by atoms with Crippen molar-refractivity contribution in [3.05, 3.63) is 38.3 Å². The van der Waals surface area contributed by atoms with Crippen molar-refractivity contribution >= 4 is 21.6 Å². The molecule has 0 atom stereocenters. The van der Waals surface area contributed by atoms with E-state index < -0.39 is 17.5 Å². The SMILES string of the molecule is O=[N+]([O-])c1ccc(Br)cc1CNCCC(F)(F)F. The first-order chi connectivity index (χ1) is 8.29. The molecule has 0 aliphatic rings. The predicted molar refractivity (Wildman–Crippen MR) is 63.2 cm³/mol. The van der Waals surface area contributed by atoms with Crippen LogP contribution in [0.5, 0.6) is 0 Å². The molecule has 0 bridgehead atoms. The van der Waals surface area contributed by atoms with Gasteiger partial charge in [0.15, 0.2) is 0 Å². The van der Waals surface area contributed by atoms with Crippen LogP contribution in [0.15, 0.2) is 22.7 Å². The second-order valence-electron chi connectivity index (χ2n) is 3.57. The van der Waals surface area contributed by atoms with Crippen molar-refractivity contribution in [3.8, 4) is 0 Å². The van der Waals surface area contributed by atoms with Crippen LogP contribution in [-0.4, -0.2) is 17.6 Å². The number of alkyl halides is 3. The summed E-state index contributed by atoms with van der Waals surface area (Å²) >= 11 is 3.16. The fraction of sp³-hybridized carbons (Fsp3) is 0.400. The number of benzene rings is 1. The van der Waals surface area contributed by atoms with Gasteiger partial charge in [0, 0.05) is 29.2 Å². The zero-order valence-corrected chi connectivity index (χ0v) is 10.7. The predicted octanol–water partition coefficient (Wildman–Crippen LogP) is 3.40. The van der Waals surface area contributed by atoms with Gasteiger partial charge in [-0.3, -0.25) is 10.1 Å². The van der Waals surface area contributed by atoms with Crippen LogP contribution in [0.3, 0.4) is 0 Å². The van der Waals surface area contributed by atoms with Crippen LogP contribution in [0.1, 0.15) is 12.0 Å². The van der Waals surface area contributed by atoms with Gasteiger partial charge in [-0.05, 0) is 12.1 Å². The fourth-order valence-corrected chi connectivity index (χ4v) is 1.74. The zero-order valence-electron chi connectivity index (χ0n) is 9.13. The Balaban J connectivity index is 2.61. The first kappa shape index (κ1) is 14.9. The molecule has 0 unspecified atom stereocenters. The second kappa shape index (κ2) is 6.14. The average Bonchev–Trinajstić information content (AvgIpc) is 2.22. The van der Waals surface area contributed by atoms with Gasteiger partial charge >= 0.3 is 6.18 Å². The summed E-state index contributed by atoms with van der Waals surface area (Å²) in [4.78, 5) is 10.1. The van der Waals surface area contributed by atoms with Crippen molar-refractivity contribution in [2.75, 3.05) is 6.54 Å². The summed E-state index contributed by atoms with van der Waals surface area (Å²) < 4.78 is 36.3. The minimum atomic E-state index is -4.23. The van der Waals surface area contributed by atoms with E-state index in [9.17, 15) is 23.3 Å². The molecule has 100 valence electrons. The number of halogens is 4. The summed E-state index contributed by atoms with van der Waals surface area (Å²) in [7, 11) is 0. The molecule has 0 saturated heterocycles. The van der Waals surface area contributed by atoms with Gasteiger partial charge < -0.3 is 5.32 Å². The van der Waals surface area contributed by atoms with E-state index in [4.69, 9.17) is 0 Å². The molecular weight excluding hydrogens is 317 g/mol. The molecule has 0 aliphatic heterocycles. The number of hydrogen-bond acceptors (Lipinski definition) is 3. The van der Waals surface area contributed by atoms with Gasteiger partial charge in [0.2, 0.25) is 0 Å². The Hall–Kier alpha value is -1.15. The molecule has 0 saturated carbocycles. The number of nitro groups is 1. The molecule has 1 aromatic carbocycles. The van der Waals surface area contributed by atoms with E-state index in [1.54, 1.807) is 0 Å². The van der Waals surface area contributed by atoms with Crippen molar-refractivity contribution in [1.29, 1.82) is 0 Å². The molecule has 0 heterocycles. The van der Waals surface area contributed by atoms with Gasteiger partial charge in [-0.25, -0.2) is 0 Å². The normalized spacial score (nSPS) is 11.6. The van der Waals surface area contributed by atoms with Crippen LogP contribution in [-0.2, 0) is 6.54 Å². The third-order valence-electron chi connectivity index (χ3n) is 2.14. The van der Waals surface area contributed by atoms with E-state index in [0.717, 1.165) is 0 Å². The third kappa shape index (κ3) is 5.01. The number of nitrogens with one attached hydrogen (secondary N) is 1. The van der Waals surface area contributed by atoms with Crippen LogP contribution in [0.2, 0.25) is 0 Å². The van der Waals surface area contributed by atoms with Crippen molar-refractivity contribution in [3.63, 3.8) is 0 Å². The summed E-state index contributed by atoms with van der Waals surface area (Å²) in [5.74, 6) is 0. The lowest BCUT2D eigenvalue weighted by Crippen LogP contribution is -2.21. The molecule has 1 N–H and O–H groups in total. The average molecular weight is 327 g/mol. The third-order valence-corrected chi connectivity index (χ3v) is 2.63. The molecule has 1 aromatic rings. The van der Waals surface area contributed by atoms with Crippen molar-refractivity contribution in [1.82, 2.24) is 5.32 Å². The first-order valence-corrected chi connectivity index (χ1v) is 5.79. The maximum atomic E-state index is 11.9. The number of nitrogens with zero attached hydrogens (tertiary/aromatic N) is 1. The van der Waals surface area contributed by atoms with E-state index in [-0.39, 0.29) is 18.8 Å². The van der Waals surface area contributed by atoms with E-state index in [1.165, 1.54) is 18.2 Å². The highest BCUT2D eigenvalue weighted by Gasteiger charge is 2.26. The van der Waals surface area contributed by atoms with E-state index >= 15 is 0 Å². The summed E-state index contributed by atoms with van der Waals surface area (Å²) in [5.41, 5.74) is 0.231. The topological polar surface area (TPSA) is 55.2 Å². The van der Waals surface area contributed by atoms with Gasteiger partial charge in [-0.15, -0.1) is 0 Å². The van der Waals surface area contributed by atoms with Gasteiger partial charge in [-0.2, -0.15) is 13.2 Å². The van der Waals surface area contributed by atoms with Crippen molar-refractivity contribution < 1.29 is 18.1 Å². The summed E-state index contributed by atoms with van der Waals surface area (Å²) in [6.45, 7) is -0.251. The number of hydrogen-bond donors (Lipinski definition) is 1. The Labute approximate surface area is 109 Å². The van der Waals surface area contributed by atoms with Gasteiger partial charge in [-0.1, -0.05) is 15.9 Å². The minimum Gasteiger partial charge on any atom is -0.312 e. The van der Waals surface area contributed by atoms with Crippen LogP contribution in [0.4, 0.5) is 18.9 Å². The maximum absolute atomic E-state index is 11.9. The quantitative estimate of drug-likeness (QED) is 0.512. The summed E-state index contributed by atoms with van der Waals surface area (Å²) in [5, 5.41) is 13.2. The molecule has 0 fully saturated rings. The molecule has 18 heavy (non-hydrogen) atoms. The van der Waals surface area contributed by atoms with Gasteiger partial charge in [0.05, 0.1) is 11.3 Å². The Morgan fingerprint density at radius 1 is 1.39 bits per heavy atom. The maximum Gasteiger partial charge on any atom is 0.390 e. The molecule has 0 aliphatic carbocycles. The molecule has 0 radical (unpaired) electrons. The minimum absolute atomic E-state index is 0.0197. The highest BCUT2D eigenvalue weighted by molar-refractivity contribution is 9.10. The lowest BCUT2D eigenvalue weighted by molar-refractivity contribution is -0.385. The lowest BCUT2D eigenvalue weighted by Gasteiger charge is -2.08. The standard InChI is InChI=1S/C10H10BrF3N2O2/c11-8-1-2-9(16(17)18)7(5-8)6-15-4-3-10(12,13)14/h1-2,5,15H,3-4,6H2. The van der Waals surface area contributed by atoms with Gasteiger partial charge in [0.1, 0.15) is 0 Å². The lowest BCUT2D eigenvalue weighted by atomic mass is 10.2. The molecule has 8 heteroatoms. The summed E-state index contributed by atoms with van der Waals surface area (Å²) in [6, 6.07) is 4.33. The molecule has 1 rings (SSSR count). The number of rotatable bonds is 5. The number of nitro benzene ring substituents is 1. The van der Waals surface area contributed by atoms with Crippen LogP contribution < -0.4 is 5.32 Å². The molecule has 4 nitrogen and oxygen atoms in total. The molecule has 0 amide bonds. The Bertz CT molecular complexity index is 438. The Kier molecular flexibility index (Phi) is 5.09. The monoisotopic (exact) mass is 326 g/mol. The van der Waals surface area contributed by atoms with Crippen LogP contribution >= 0.6 is 15.9 Å². The fourth-order valence-electron chi connectivity index (χ4n) is 1.33. The van der Waals surface area contributed by atoms with Crippen LogP contribution in [0.25, 0.3) is 0 Å². The van der Waals surface area contributed by atoms with Crippen molar-refractivity contribution in [2.24, 2.45) is 0 Å². The van der Waals surface area contributed by atoms with Crippen LogP contribution in [0, 0.1) is 10.1 Å². The smallest absolute Gasteiger partial charge is 0.312 e. The zero-order chi connectivity index (χ0) is 13.8. The second-order valence-corrected chi connectivity index (χ2v) is 4.49. The van der Waals surface area contributed by atoms with Gasteiger partial charge in [0.25, 0.3) is 5.69 Å². The van der Waals surface area contributed by atoms with E-state index in [2.05, 4.69) is 21.2 Å². The van der Waals surface area contributed by atoms with E-state index in [0.29, 0.717) is 10.0 Å². The molecule has 0 spiro atoms. The van der Waals surface area contributed by atoms with Crippen molar-refractivity contribution in [2.45, 2.75) is 19.1 Å². The Morgan fingerprint density at radius 2 is 2.06 bits per heavy atom. The molecular formula is C10H10BrF3N2O2. The first-order valence-electron chi connectivity index (χ1n) is 5.00. The summed E-state index contributed by atoms with van der Waals surface area (Å²) in [6.07, 6.45) is -5.19. The Morgan fingerprint density at radius 3 is 2.61 bits per heavy atom. The highest BCUT2D eigenvalue weighted by atomic mass is 79.9. The van der Waals surface area contributed by atoms with E-state index in [1.807, 2.05) is 0 Å². The molecule has 0 aromatic heterocycles.